The molecule has 8 nitrogen and oxygen atoms in total. The van der Waals surface area contributed by atoms with Crippen LogP contribution >= 0.6 is 0 Å². The maximum Gasteiger partial charge on any atom is 0.228 e. The zero-order chi connectivity index (χ0) is 22.3. The molecule has 1 amide bonds. The van der Waals surface area contributed by atoms with Crippen LogP contribution in [-0.4, -0.2) is 66.7 Å². The van der Waals surface area contributed by atoms with Crippen molar-refractivity contribution in [3.8, 4) is 11.5 Å². The number of nitrogens with one attached hydrogen (secondary N) is 1. The van der Waals surface area contributed by atoms with E-state index in [2.05, 4.69) is 32.1 Å². The van der Waals surface area contributed by atoms with Gasteiger partial charge in [0.1, 0.15) is 11.9 Å². The van der Waals surface area contributed by atoms with Gasteiger partial charge in [-0.3, -0.25) is 9.78 Å². The molecule has 2 aliphatic heterocycles. The molecule has 32 heavy (non-hydrogen) atoms. The molecule has 0 bridgehead atoms. The van der Waals surface area contributed by atoms with E-state index >= 15 is 0 Å². The molecule has 1 aromatic heterocycles. The Morgan fingerprint density at radius 2 is 1.91 bits per heavy atom. The molecule has 2 saturated heterocycles. The second kappa shape index (κ2) is 10.6. The fourth-order valence-electron chi connectivity index (χ4n) is 4.31. The Morgan fingerprint density at radius 1 is 1.12 bits per heavy atom. The summed E-state index contributed by atoms with van der Waals surface area (Å²) in [5, 5.41) is 2.97. The first-order valence-corrected chi connectivity index (χ1v) is 11.6. The molecule has 1 N–H and O–H groups in total. The number of nitrogens with zero attached hydrogens (tertiary/aromatic N) is 4. The minimum absolute atomic E-state index is 0.0321. The van der Waals surface area contributed by atoms with Gasteiger partial charge in [0.05, 0.1) is 25.5 Å². The Labute approximate surface area is 189 Å². The molecule has 2 fully saturated rings. The molecule has 1 aromatic carbocycles. The summed E-state index contributed by atoms with van der Waals surface area (Å²) in [4.78, 5) is 26.1. The van der Waals surface area contributed by atoms with Crippen molar-refractivity contribution in [3.63, 3.8) is 0 Å². The van der Waals surface area contributed by atoms with Gasteiger partial charge in [-0.15, -0.1) is 0 Å². The van der Waals surface area contributed by atoms with Gasteiger partial charge in [-0.1, -0.05) is 12.1 Å². The number of hydrogen-bond acceptors (Lipinski definition) is 7. The highest BCUT2D eigenvalue weighted by Gasteiger charge is 2.26. The van der Waals surface area contributed by atoms with E-state index in [1.807, 2.05) is 31.2 Å². The SMILES string of the molecule is CCOc1ccccc1OC1CCCN(c2cncc(NC(=O)C3CCN(C)CC3)n2)C1. The third-order valence-corrected chi connectivity index (χ3v) is 6.11. The van der Waals surface area contributed by atoms with Crippen molar-refractivity contribution in [1.82, 2.24) is 14.9 Å². The van der Waals surface area contributed by atoms with Gasteiger partial charge in [-0.25, -0.2) is 4.98 Å². The molecule has 1 atom stereocenters. The molecule has 0 saturated carbocycles. The Hall–Kier alpha value is -2.87. The average molecular weight is 440 g/mol. The standard InChI is InChI=1S/C24H33N5O3/c1-3-31-20-8-4-5-9-21(20)32-19-7-6-12-29(17-19)23-16-25-15-22(26-23)27-24(30)18-10-13-28(2)14-11-18/h4-5,8-9,15-16,18-19H,3,6-7,10-14,17H2,1-2H3,(H,26,27,30). The van der Waals surface area contributed by atoms with E-state index in [0.717, 1.165) is 62.6 Å². The second-order valence-electron chi connectivity index (χ2n) is 8.54. The number of carbonyl (C=O) groups is 1. The monoisotopic (exact) mass is 439 g/mol. The molecule has 8 heteroatoms. The van der Waals surface area contributed by atoms with Crippen molar-refractivity contribution in [2.45, 2.75) is 38.7 Å². The average Bonchev–Trinajstić information content (AvgIpc) is 2.81. The highest BCUT2D eigenvalue weighted by Crippen LogP contribution is 2.30. The van der Waals surface area contributed by atoms with Crippen LogP contribution in [-0.2, 0) is 4.79 Å². The van der Waals surface area contributed by atoms with Crippen LogP contribution < -0.4 is 19.7 Å². The number of amides is 1. The number of carbonyl (C=O) groups excluding carboxylic acids is 1. The fourth-order valence-corrected chi connectivity index (χ4v) is 4.31. The lowest BCUT2D eigenvalue weighted by atomic mass is 9.96. The summed E-state index contributed by atoms with van der Waals surface area (Å²) in [6.45, 7) is 6.06. The van der Waals surface area contributed by atoms with E-state index in [0.29, 0.717) is 19.0 Å². The van der Waals surface area contributed by atoms with Crippen LogP contribution in [0.2, 0.25) is 0 Å². The van der Waals surface area contributed by atoms with Crippen LogP contribution in [0, 0.1) is 5.92 Å². The van der Waals surface area contributed by atoms with Crippen molar-refractivity contribution < 1.29 is 14.3 Å². The Balaban J connectivity index is 1.38. The third-order valence-electron chi connectivity index (χ3n) is 6.11. The molecule has 0 aliphatic carbocycles. The van der Waals surface area contributed by atoms with E-state index in [1.165, 1.54) is 0 Å². The summed E-state index contributed by atoms with van der Waals surface area (Å²) >= 11 is 0. The molecule has 0 spiro atoms. The van der Waals surface area contributed by atoms with Crippen molar-refractivity contribution in [3.05, 3.63) is 36.7 Å². The molecular formula is C24H33N5O3. The van der Waals surface area contributed by atoms with Crippen LogP contribution in [0.25, 0.3) is 0 Å². The maximum atomic E-state index is 12.7. The van der Waals surface area contributed by atoms with Crippen molar-refractivity contribution >= 4 is 17.5 Å². The van der Waals surface area contributed by atoms with Gasteiger partial charge in [0.25, 0.3) is 0 Å². The smallest absolute Gasteiger partial charge is 0.228 e. The van der Waals surface area contributed by atoms with Gasteiger partial charge in [-0.05, 0) is 64.9 Å². The van der Waals surface area contributed by atoms with Crippen LogP contribution in [0.3, 0.4) is 0 Å². The van der Waals surface area contributed by atoms with Gasteiger partial charge in [0, 0.05) is 12.5 Å². The highest BCUT2D eigenvalue weighted by atomic mass is 16.5. The fraction of sp³-hybridized carbons (Fsp3) is 0.542. The number of para-hydroxylation sites is 2. The Bertz CT molecular complexity index is 901. The quantitative estimate of drug-likeness (QED) is 0.710. The molecule has 2 aromatic rings. The summed E-state index contributed by atoms with van der Waals surface area (Å²) in [7, 11) is 2.09. The summed E-state index contributed by atoms with van der Waals surface area (Å²) in [6, 6.07) is 7.79. The summed E-state index contributed by atoms with van der Waals surface area (Å²) < 4.78 is 12.0. The van der Waals surface area contributed by atoms with Crippen LogP contribution in [0.4, 0.5) is 11.6 Å². The zero-order valence-electron chi connectivity index (χ0n) is 19.0. The lowest BCUT2D eigenvalue weighted by Gasteiger charge is -2.34. The lowest BCUT2D eigenvalue weighted by molar-refractivity contribution is -0.121. The number of benzene rings is 1. The largest absolute Gasteiger partial charge is 0.490 e. The number of likely N-dealkylation sites (tertiary alicyclic amines) is 1. The van der Waals surface area contributed by atoms with E-state index in [4.69, 9.17) is 9.47 Å². The first-order valence-electron chi connectivity index (χ1n) is 11.6. The van der Waals surface area contributed by atoms with Gasteiger partial charge in [0.2, 0.25) is 5.91 Å². The maximum absolute atomic E-state index is 12.7. The molecule has 0 radical (unpaired) electrons. The predicted molar refractivity (Wildman–Crippen MR) is 124 cm³/mol. The van der Waals surface area contributed by atoms with Crippen LogP contribution in [0.1, 0.15) is 32.6 Å². The molecule has 2 aliphatic rings. The second-order valence-corrected chi connectivity index (χ2v) is 8.54. The van der Waals surface area contributed by atoms with Gasteiger partial charge >= 0.3 is 0 Å². The highest BCUT2D eigenvalue weighted by molar-refractivity contribution is 5.91. The lowest BCUT2D eigenvalue weighted by Crippen LogP contribution is -2.41. The minimum atomic E-state index is 0.0321. The molecular weight excluding hydrogens is 406 g/mol. The van der Waals surface area contributed by atoms with Crippen LogP contribution in [0.5, 0.6) is 11.5 Å². The van der Waals surface area contributed by atoms with Gasteiger partial charge in [0.15, 0.2) is 17.3 Å². The van der Waals surface area contributed by atoms with Gasteiger partial charge in [-0.2, -0.15) is 0 Å². The normalized spacial score (nSPS) is 20.1. The first-order chi connectivity index (χ1) is 15.6. The number of anilines is 2. The van der Waals surface area contributed by atoms with E-state index in [-0.39, 0.29) is 17.9 Å². The first kappa shape index (κ1) is 22.3. The van der Waals surface area contributed by atoms with Crippen molar-refractivity contribution in [2.75, 3.05) is 50.1 Å². The number of aromatic nitrogens is 2. The van der Waals surface area contributed by atoms with Gasteiger partial charge < -0.3 is 24.6 Å². The number of ether oxygens (including phenoxy) is 2. The van der Waals surface area contributed by atoms with Crippen molar-refractivity contribution in [2.24, 2.45) is 5.92 Å². The summed E-state index contributed by atoms with van der Waals surface area (Å²) in [5.41, 5.74) is 0. The number of piperidine rings is 2. The predicted octanol–water partition coefficient (Wildman–Crippen LogP) is 3.20. The summed E-state index contributed by atoms with van der Waals surface area (Å²) in [5.74, 6) is 2.89. The van der Waals surface area contributed by atoms with Crippen LogP contribution in [0.15, 0.2) is 36.7 Å². The molecule has 4 rings (SSSR count). The molecule has 172 valence electrons. The van der Waals surface area contributed by atoms with E-state index in [9.17, 15) is 4.79 Å². The number of rotatable bonds is 7. The zero-order valence-corrected chi connectivity index (χ0v) is 19.0. The molecule has 3 heterocycles. The topological polar surface area (TPSA) is 79.8 Å². The summed E-state index contributed by atoms with van der Waals surface area (Å²) in [6.07, 6.45) is 7.12. The van der Waals surface area contributed by atoms with E-state index in [1.54, 1.807) is 12.4 Å². The minimum Gasteiger partial charge on any atom is -0.490 e. The van der Waals surface area contributed by atoms with Crippen molar-refractivity contribution in [1.29, 1.82) is 0 Å². The Kier molecular flexibility index (Phi) is 7.42. The third kappa shape index (κ3) is 5.68. The molecule has 1 unspecified atom stereocenters. The Morgan fingerprint density at radius 3 is 2.69 bits per heavy atom. The van der Waals surface area contributed by atoms with E-state index < -0.39 is 0 Å². The number of hydrogen-bond donors (Lipinski definition) is 1.